The Morgan fingerprint density at radius 2 is 2.00 bits per heavy atom. The Hall–Kier alpha value is -0.300. The standard InChI is InChI=1S/C11H21N.C2H6/c1-5-6-10-7-8-12(4)11(10)9(2)3;1-2/h10-11H,2,5-8H2,1,3-4H3;1-2H3/t10-,11?;/m0./s1. The van der Waals surface area contributed by atoms with Crippen molar-refractivity contribution < 1.29 is 0 Å². The summed E-state index contributed by atoms with van der Waals surface area (Å²) in [5, 5.41) is 0. The third-order valence-electron chi connectivity index (χ3n) is 2.94. The second-order valence-corrected chi connectivity index (χ2v) is 4.11. The van der Waals surface area contributed by atoms with E-state index in [4.69, 9.17) is 0 Å². The zero-order chi connectivity index (χ0) is 11.1. The molecule has 0 N–H and O–H groups in total. The molecule has 0 aliphatic carbocycles. The molecule has 1 heteroatoms. The lowest BCUT2D eigenvalue weighted by atomic mass is 9.91. The Labute approximate surface area is 90.2 Å². The minimum atomic E-state index is 0.657. The first kappa shape index (κ1) is 13.7. The molecule has 1 aliphatic rings. The molecule has 0 bridgehead atoms. The Kier molecular flexibility index (Phi) is 6.90. The van der Waals surface area contributed by atoms with Gasteiger partial charge < -0.3 is 0 Å². The number of likely N-dealkylation sites (N-methyl/N-ethyl adjacent to an activating group) is 1. The van der Waals surface area contributed by atoms with Gasteiger partial charge >= 0.3 is 0 Å². The Bertz CT molecular complexity index is 161. The predicted molar refractivity (Wildman–Crippen MR) is 65.6 cm³/mol. The molecule has 0 amide bonds. The molecule has 1 rings (SSSR count). The summed E-state index contributed by atoms with van der Waals surface area (Å²) in [4.78, 5) is 2.45. The monoisotopic (exact) mass is 197 g/mol. The number of hydrogen-bond acceptors (Lipinski definition) is 1. The van der Waals surface area contributed by atoms with E-state index in [0.717, 1.165) is 5.92 Å². The smallest absolute Gasteiger partial charge is 0.0327 e. The van der Waals surface area contributed by atoms with Crippen LogP contribution in [0, 0.1) is 5.92 Å². The molecule has 0 aromatic carbocycles. The zero-order valence-corrected chi connectivity index (χ0v) is 10.6. The number of rotatable bonds is 3. The van der Waals surface area contributed by atoms with Crippen LogP contribution in [-0.4, -0.2) is 24.5 Å². The van der Waals surface area contributed by atoms with Crippen molar-refractivity contribution in [3.05, 3.63) is 12.2 Å². The molecule has 1 saturated heterocycles. The van der Waals surface area contributed by atoms with Crippen LogP contribution >= 0.6 is 0 Å². The molecular weight excluding hydrogens is 170 g/mol. The van der Waals surface area contributed by atoms with E-state index in [1.54, 1.807) is 0 Å². The second kappa shape index (κ2) is 7.05. The van der Waals surface area contributed by atoms with Gasteiger partial charge in [0.25, 0.3) is 0 Å². The van der Waals surface area contributed by atoms with Crippen molar-refractivity contribution in [3.8, 4) is 0 Å². The first-order valence-corrected chi connectivity index (χ1v) is 6.02. The van der Waals surface area contributed by atoms with E-state index in [2.05, 4.69) is 32.4 Å². The maximum atomic E-state index is 4.08. The van der Waals surface area contributed by atoms with Crippen molar-refractivity contribution in [3.63, 3.8) is 0 Å². The van der Waals surface area contributed by atoms with Gasteiger partial charge in [-0.05, 0) is 39.3 Å². The Balaban J connectivity index is 0.000000791. The molecule has 0 aromatic rings. The normalized spacial score (nSPS) is 26.9. The molecule has 1 fully saturated rings. The minimum absolute atomic E-state index is 0.657. The Morgan fingerprint density at radius 3 is 2.43 bits per heavy atom. The van der Waals surface area contributed by atoms with Crippen LogP contribution in [0.1, 0.15) is 47.0 Å². The van der Waals surface area contributed by atoms with Gasteiger partial charge in [-0.25, -0.2) is 0 Å². The van der Waals surface area contributed by atoms with Gasteiger partial charge in [0.05, 0.1) is 0 Å². The highest BCUT2D eigenvalue weighted by Crippen LogP contribution is 2.30. The van der Waals surface area contributed by atoms with E-state index in [9.17, 15) is 0 Å². The SMILES string of the molecule is C=C(C)C1[C@@H](CCC)CCN1C.CC. The molecule has 2 atom stereocenters. The molecule has 0 aromatic heterocycles. The van der Waals surface area contributed by atoms with Crippen LogP contribution in [0.5, 0.6) is 0 Å². The van der Waals surface area contributed by atoms with Gasteiger partial charge in [0, 0.05) is 6.04 Å². The van der Waals surface area contributed by atoms with Crippen LogP contribution in [-0.2, 0) is 0 Å². The maximum Gasteiger partial charge on any atom is 0.0327 e. The van der Waals surface area contributed by atoms with Crippen LogP contribution < -0.4 is 0 Å². The van der Waals surface area contributed by atoms with Crippen molar-refractivity contribution in [2.24, 2.45) is 5.92 Å². The quantitative estimate of drug-likeness (QED) is 0.623. The molecule has 1 unspecified atom stereocenters. The van der Waals surface area contributed by atoms with Gasteiger partial charge in [-0.2, -0.15) is 0 Å². The van der Waals surface area contributed by atoms with E-state index in [1.165, 1.54) is 31.4 Å². The molecule has 14 heavy (non-hydrogen) atoms. The third-order valence-corrected chi connectivity index (χ3v) is 2.94. The van der Waals surface area contributed by atoms with Crippen molar-refractivity contribution >= 4 is 0 Å². The lowest BCUT2D eigenvalue weighted by molar-refractivity contribution is 0.300. The van der Waals surface area contributed by atoms with Crippen LogP contribution in [0.4, 0.5) is 0 Å². The predicted octanol–water partition coefficient (Wildman–Crippen LogP) is 3.71. The van der Waals surface area contributed by atoms with E-state index < -0.39 is 0 Å². The van der Waals surface area contributed by atoms with E-state index in [1.807, 2.05) is 13.8 Å². The number of hydrogen-bond donors (Lipinski definition) is 0. The number of nitrogens with zero attached hydrogens (tertiary/aromatic N) is 1. The molecule has 0 spiro atoms. The highest BCUT2D eigenvalue weighted by Gasteiger charge is 2.30. The zero-order valence-electron chi connectivity index (χ0n) is 10.6. The molecular formula is C13H27N. The largest absolute Gasteiger partial charge is 0.299 e. The molecule has 0 saturated carbocycles. The van der Waals surface area contributed by atoms with Crippen molar-refractivity contribution in [2.75, 3.05) is 13.6 Å². The fraction of sp³-hybridized carbons (Fsp3) is 0.846. The highest BCUT2D eigenvalue weighted by molar-refractivity contribution is 5.07. The Morgan fingerprint density at radius 1 is 1.43 bits per heavy atom. The summed E-state index contributed by atoms with van der Waals surface area (Å²) in [6.45, 7) is 13.8. The maximum absolute atomic E-state index is 4.08. The van der Waals surface area contributed by atoms with Gasteiger partial charge in [-0.3, -0.25) is 4.90 Å². The summed E-state index contributed by atoms with van der Waals surface area (Å²) in [5.41, 5.74) is 1.34. The highest BCUT2D eigenvalue weighted by atomic mass is 15.2. The van der Waals surface area contributed by atoms with Crippen LogP contribution in [0.15, 0.2) is 12.2 Å². The summed E-state index contributed by atoms with van der Waals surface area (Å²) in [6, 6.07) is 0.657. The fourth-order valence-corrected chi connectivity index (χ4v) is 2.48. The molecule has 1 aliphatic heterocycles. The average Bonchev–Trinajstić information content (AvgIpc) is 2.51. The summed E-state index contributed by atoms with van der Waals surface area (Å²) in [5.74, 6) is 0.873. The van der Waals surface area contributed by atoms with Crippen LogP contribution in [0.25, 0.3) is 0 Å². The van der Waals surface area contributed by atoms with E-state index in [-0.39, 0.29) is 0 Å². The van der Waals surface area contributed by atoms with Crippen molar-refractivity contribution in [1.82, 2.24) is 4.90 Å². The average molecular weight is 197 g/mol. The fourth-order valence-electron chi connectivity index (χ4n) is 2.48. The first-order valence-electron chi connectivity index (χ1n) is 6.02. The molecule has 0 radical (unpaired) electrons. The summed E-state index contributed by atoms with van der Waals surface area (Å²) in [7, 11) is 2.22. The molecule has 1 heterocycles. The van der Waals surface area contributed by atoms with Crippen molar-refractivity contribution in [1.29, 1.82) is 0 Å². The molecule has 84 valence electrons. The first-order chi connectivity index (χ1) is 6.66. The van der Waals surface area contributed by atoms with Crippen LogP contribution in [0.3, 0.4) is 0 Å². The van der Waals surface area contributed by atoms with Gasteiger partial charge in [-0.1, -0.05) is 39.3 Å². The summed E-state index contributed by atoms with van der Waals surface area (Å²) >= 11 is 0. The van der Waals surface area contributed by atoms with Crippen molar-refractivity contribution in [2.45, 2.75) is 53.0 Å². The summed E-state index contributed by atoms with van der Waals surface area (Å²) in [6.07, 6.45) is 4.03. The van der Waals surface area contributed by atoms with E-state index >= 15 is 0 Å². The van der Waals surface area contributed by atoms with E-state index in [0.29, 0.717) is 6.04 Å². The van der Waals surface area contributed by atoms with Gasteiger partial charge in [-0.15, -0.1) is 0 Å². The van der Waals surface area contributed by atoms with Gasteiger partial charge in [0.2, 0.25) is 0 Å². The lowest BCUT2D eigenvalue weighted by Gasteiger charge is -2.25. The second-order valence-electron chi connectivity index (χ2n) is 4.11. The lowest BCUT2D eigenvalue weighted by Crippen LogP contribution is -2.30. The van der Waals surface area contributed by atoms with Crippen LogP contribution in [0.2, 0.25) is 0 Å². The minimum Gasteiger partial charge on any atom is -0.299 e. The van der Waals surface area contributed by atoms with Gasteiger partial charge in [0.15, 0.2) is 0 Å². The third kappa shape index (κ3) is 3.45. The van der Waals surface area contributed by atoms with Gasteiger partial charge in [0.1, 0.15) is 0 Å². The molecule has 1 nitrogen and oxygen atoms in total. The number of likely N-dealkylation sites (tertiary alicyclic amines) is 1. The summed E-state index contributed by atoms with van der Waals surface area (Å²) < 4.78 is 0. The topological polar surface area (TPSA) is 3.24 Å².